The van der Waals surface area contributed by atoms with E-state index in [1.165, 1.54) is 0 Å². The first-order chi connectivity index (χ1) is 27.3. The number of piperidine rings is 1. The molecule has 1 aliphatic heterocycles. The second-order valence-corrected chi connectivity index (χ2v) is 15.1. The topological polar surface area (TPSA) is 101 Å². The second-order valence-electron chi connectivity index (χ2n) is 15.1. The van der Waals surface area contributed by atoms with Crippen molar-refractivity contribution in [2.75, 3.05) is 27.2 Å². The van der Waals surface area contributed by atoms with Crippen LogP contribution in [0, 0.1) is 0 Å². The first kappa shape index (κ1) is 38.5. The van der Waals surface area contributed by atoms with Crippen LogP contribution >= 0.6 is 0 Å². The van der Waals surface area contributed by atoms with Gasteiger partial charge in [0.15, 0.2) is 0 Å². The van der Waals surface area contributed by atoms with Gasteiger partial charge >= 0.3 is 0 Å². The summed E-state index contributed by atoms with van der Waals surface area (Å²) in [6.07, 6.45) is 8.64. The van der Waals surface area contributed by atoms with Crippen LogP contribution in [0.1, 0.15) is 86.7 Å². The number of amides is 2. The maximum Gasteiger partial charge on any atom is 0.245 e. The van der Waals surface area contributed by atoms with Gasteiger partial charge in [0.25, 0.3) is 0 Å². The molecule has 56 heavy (non-hydrogen) atoms. The zero-order valence-electron chi connectivity index (χ0n) is 33.0. The number of H-pyrrole nitrogens is 2. The Labute approximate surface area is 330 Å². The highest BCUT2D eigenvalue weighted by molar-refractivity contribution is 5.84. The van der Waals surface area contributed by atoms with Gasteiger partial charge in [-0.25, -0.2) is 9.97 Å². The van der Waals surface area contributed by atoms with Gasteiger partial charge in [0.05, 0.1) is 42.3 Å². The molecule has 4 aromatic carbocycles. The van der Waals surface area contributed by atoms with Gasteiger partial charge in [0.2, 0.25) is 11.8 Å². The number of hydrogen-bond donors (Lipinski definition) is 2. The average molecular weight is 748 g/mol. The van der Waals surface area contributed by atoms with Crippen LogP contribution in [0.5, 0.6) is 0 Å². The number of likely N-dealkylation sites (tertiary alicyclic amines) is 1. The van der Waals surface area contributed by atoms with E-state index < -0.39 is 0 Å². The van der Waals surface area contributed by atoms with Crippen molar-refractivity contribution >= 4 is 11.8 Å². The van der Waals surface area contributed by atoms with E-state index in [2.05, 4.69) is 70.4 Å². The number of imidazole rings is 2. The van der Waals surface area contributed by atoms with E-state index in [0.717, 1.165) is 95.1 Å². The van der Waals surface area contributed by atoms with E-state index in [-0.39, 0.29) is 29.8 Å². The maximum atomic E-state index is 14.1. The number of likely N-dealkylation sites (N-methyl/N-ethyl adjacent to an activating group) is 1. The maximum absolute atomic E-state index is 14.1. The van der Waals surface area contributed by atoms with Gasteiger partial charge in [-0.1, -0.05) is 123 Å². The fourth-order valence-corrected chi connectivity index (χ4v) is 7.82. The number of aromatic amines is 2. The van der Waals surface area contributed by atoms with Crippen LogP contribution in [0.3, 0.4) is 0 Å². The van der Waals surface area contributed by atoms with E-state index in [9.17, 15) is 9.59 Å². The van der Waals surface area contributed by atoms with Crippen LogP contribution < -0.4 is 0 Å². The summed E-state index contributed by atoms with van der Waals surface area (Å²) in [4.78, 5) is 50.1. The minimum Gasteiger partial charge on any atom is -0.341 e. The van der Waals surface area contributed by atoms with E-state index in [4.69, 9.17) is 4.98 Å². The summed E-state index contributed by atoms with van der Waals surface area (Å²) >= 11 is 0. The minimum absolute atomic E-state index is 0.0919. The lowest BCUT2D eigenvalue weighted by Crippen LogP contribution is -2.45. The summed E-state index contributed by atoms with van der Waals surface area (Å²) in [7, 11) is 3.93. The summed E-state index contributed by atoms with van der Waals surface area (Å²) < 4.78 is 0. The number of hydrogen-bond acceptors (Lipinski definition) is 5. The average Bonchev–Trinajstić information content (AvgIpc) is 3.93. The third-order valence-corrected chi connectivity index (χ3v) is 11.0. The van der Waals surface area contributed by atoms with Gasteiger partial charge in [-0.15, -0.1) is 0 Å². The Hall–Kier alpha value is -5.80. The highest BCUT2D eigenvalue weighted by atomic mass is 16.2. The molecule has 9 heteroatoms. The Bertz CT molecular complexity index is 2180. The van der Waals surface area contributed by atoms with E-state index in [0.29, 0.717) is 13.1 Å². The Balaban J connectivity index is 1.01. The highest BCUT2D eigenvalue weighted by Crippen LogP contribution is 2.35. The lowest BCUT2D eigenvalue weighted by molar-refractivity contribution is -0.140. The highest BCUT2D eigenvalue weighted by Gasteiger charge is 2.35. The summed E-state index contributed by atoms with van der Waals surface area (Å²) in [5.74, 6) is 1.63. The first-order valence-electron chi connectivity index (χ1n) is 20.0. The largest absolute Gasteiger partial charge is 0.341 e. The van der Waals surface area contributed by atoms with Crippen molar-refractivity contribution in [1.82, 2.24) is 34.6 Å². The molecule has 1 saturated heterocycles. The number of unbranched alkanes of at least 4 members (excludes halogenated alkanes) is 1. The van der Waals surface area contributed by atoms with Crippen LogP contribution in [-0.4, -0.2) is 73.6 Å². The van der Waals surface area contributed by atoms with Crippen molar-refractivity contribution < 1.29 is 9.59 Å². The molecule has 2 amide bonds. The number of aromatic nitrogens is 4. The van der Waals surface area contributed by atoms with Gasteiger partial charge < -0.3 is 19.8 Å². The van der Waals surface area contributed by atoms with Crippen LogP contribution in [0.25, 0.3) is 33.6 Å². The minimum atomic E-state index is -0.345. The normalized spacial score (nSPS) is 15.4. The number of rotatable bonds is 14. The lowest BCUT2D eigenvalue weighted by atomic mass is 9.97. The molecule has 0 aliphatic carbocycles. The number of nitrogens with one attached hydrogen (secondary N) is 2. The van der Waals surface area contributed by atoms with Crippen molar-refractivity contribution in [2.24, 2.45) is 0 Å². The van der Waals surface area contributed by atoms with E-state index in [1.54, 1.807) is 0 Å². The van der Waals surface area contributed by atoms with Crippen molar-refractivity contribution in [3.63, 3.8) is 0 Å². The summed E-state index contributed by atoms with van der Waals surface area (Å²) in [6, 6.07) is 36.5. The number of carbonyl (C=O) groups is 2. The molecule has 7 rings (SSSR count). The molecule has 6 aromatic rings. The predicted molar refractivity (Wildman–Crippen MR) is 223 cm³/mol. The molecule has 0 bridgehead atoms. The zero-order valence-corrected chi connectivity index (χ0v) is 33.0. The molecule has 1 aliphatic rings. The Morgan fingerprint density at radius 1 is 0.750 bits per heavy atom. The lowest BCUT2D eigenvalue weighted by Gasteiger charge is -2.38. The summed E-state index contributed by atoms with van der Waals surface area (Å²) in [5.41, 5.74) is 8.19. The number of nitrogens with zero attached hydrogens (tertiary/aromatic N) is 5. The molecule has 0 unspecified atom stereocenters. The van der Waals surface area contributed by atoms with Crippen molar-refractivity contribution in [3.05, 3.63) is 144 Å². The van der Waals surface area contributed by atoms with Crippen LogP contribution in [0.4, 0.5) is 0 Å². The van der Waals surface area contributed by atoms with Crippen molar-refractivity contribution in [1.29, 1.82) is 0 Å². The van der Waals surface area contributed by atoms with E-state index in [1.807, 2.05) is 109 Å². The standard InChI is InChI=1S/C47H53N7O2/c1-5-6-28-53(46(55)33(2)34-15-9-7-10-16-34)32-43-48-30-40(50-43)37-24-20-35(21-25-37)36-22-26-38(27-23-36)41-31-49-45(51-41)42-19-13-14-29-54(42)47(56)44(52(3)4)39-17-11-8-12-18-39/h7-12,15-18,20-27,30-31,33,42,44H,5-6,13-14,19,28-29,32H2,1-4H3,(H,48,50)(H,49,51)/t33-,42+,44-/m1/s1. The summed E-state index contributed by atoms with van der Waals surface area (Å²) in [6.45, 7) is 5.99. The monoisotopic (exact) mass is 747 g/mol. The van der Waals surface area contributed by atoms with Crippen LogP contribution in [0.2, 0.25) is 0 Å². The van der Waals surface area contributed by atoms with Gasteiger partial charge in [-0.2, -0.15) is 0 Å². The quantitative estimate of drug-likeness (QED) is 0.116. The molecule has 3 heterocycles. The van der Waals surface area contributed by atoms with E-state index >= 15 is 0 Å². The third kappa shape index (κ3) is 8.68. The summed E-state index contributed by atoms with van der Waals surface area (Å²) in [5, 5.41) is 0. The zero-order chi connectivity index (χ0) is 39.0. The van der Waals surface area contributed by atoms with Crippen LogP contribution in [0.15, 0.2) is 122 Å². The SMILES string of the molecule is CCCCN(Cc1ncc(-c2ccc(-c3ccc(-c4cnc([C@@H]5CCCCN5C(=O)[C@@H](c5ccccc5)N(C)C)[nH]4)cc3)cc2)[nH]1)C(=O)[C@H](C)c1ccccc1. The number of benzene rings is 4. The molecular formula is C47H53N7O2. The molecular weight excluding hydrogens is 695 g/mol. The molecule has 3 atom stereocenters. The Morgan fingerprint density at radius 3 is 1.93 bits per heavy atom. The van der Waals surface area contributed by atoms with Gasteiger partial charge in [0, 0.05) is 13.1 Å². The smallest absolute Gasteiger partial charge is 0.245 e. The van der Waals surface area contributed by atoms with Gasteiger partial charge in [-0.3, -0.25) is 14.5 Å². The fraction of sp³-hybridized carbons (Fsp3) is 0.319. The second kappa shape index (κ2) is 17.8. The molecule has 0 spiro atoms. The first-order valence-corrected chi connectivity index (χ1v) is 20.0. The van der Waals surface area contributed by atoms with Crippen LogP contribution in [-0.2, 0) is 16.1 Å². The van der Waals surface area contributed by atoms with Crippen molar-refractivity contribution in [2.45, 2.75) is 70.5 Å². The Morgan fingerprint density at radius 2 is 1.32 bits per heavy atom. The molecule has 288 valence electrons. The van der Waals surface area contributed by atoms with Crippen molar-refractivity contribution in [3.8, 4) is 33.6 Å². The van der Waals surface area contributed by atoms with Gasteiger partial charge in [0.1, 0.15) is 17.7 Å². The number of carbonyl (C=O) groups excluding carboxylic acids is 2. The fourth-order valence-electron chi connectivity index (χ4n) is 7.82. The molecule has 0 saturated carbocycles. The molecule has 0 radical (unpaired) electrons. The molecule has 1 fully saturated rings. The third-order valence-electron chi connectivity index (χ3n) is 11.0. The molecule has 2 aromatic heterocycles. The van der Waals surface area contributed by atoms with Gasteiger partial charge in [-0.05, 0) is 80.1 Å². The molecule has 2 N–H and O–H groups in total. The molecule has 9 nitrogen and oxygen atoms in total. The predicted octanol–water partition coefficient (Wildman–Crippen LogP) is 9.42. The Kier molecular flexibility index (Phi) is 12.2.